The molecule has 0 aliphatic heterocycles. The van der Waals surface area contributed by atoms with E-state index < -0.39 is 0 Å². The van der Waals surface area contributed by atoms with Crippen molar-refractivity contribution in [2.45, 2.75) is 38.5 Å². The van der Waals surface area contributed by atoms with E-state index in [1.807, 2.05) is 24.3 Å². The average molecular weight is 1890 g/mol. The Morgan fingerprint density at radius 2 is 0.358 bits per heavy atom. The second-order valence-electron chi connectivity index (χ2n) is 41.8. The minimum absolute atomic E-state index is 0.149. The van der Waals surface area contributed by atoms with Crippen molar-refractivity contribution in [1.29, 1.82) is 0 Å². The molecule has 148 heavy (non-hydrogen) atoms. The van der Waals surface area contributed by atoms with Crippen LogP contribution in [-0.2, 0) is 10.8 Å². The lowest BCUT2D eigenvalue weighted by molar-refractivity contribution is 0.660. The molecule has 2 aliphatic carbocycles. The highest BCUT2D eigenvalue weighted by molar-refractivity contribution is 6.28. The second kappa shape index (κ2) is 31.8. The maximum absolute atomic E-state index is 6.53. The van der Waals surface area contributed by atoms with Gasteiger partial charge in [0.1, 0.15) is 22.3 Å². The van der Waals surface area contributed by atoms with Crippen LogP contribution in [0.15, 0.2) is 494 Å². The maximum atomic E-state index is 6.53. The molecule has 0 spiro atoms. The zero-order valence-corrected chi connectivity index (χ0v) is 81.8. The SMILES string of the molecule is CC1(C)c2ccccc2-c2ccc(N(c3cccc(-c4cccc(N(c5ccc6c(c5)C(C)(C)c5ccccc5-6)c5cc6ccc7cccc8ccc(c5)c6c78)c4)c3)c3cc4ccc5cccc6ccc(c3)c4c56)cc21.c1cc(-c2cccc(N(c3cc4ccc5cccc6ccc(c3)c4c56)c3ccc4c(c3)oc3ccccc34)c2)cc(N(c2cc3ccc4cccc5ccc(c2)c3c45)c2ccc3c(c2)oc2ccccc23)c1. The average Bonchev–Trinajstić information content (AvgIpc) is 1.60. The first-order valence-electron chi connectivity index (χ1n) is 51.4. The Hall–Kier alpha value is -18.9. The third kappa shape index (κ3) is 12.8. The molecule has 0 radical (unpaired) electrons. The van der Waals surface area contributed by atoms with Gasteiger partial charge in [-0.15, -0.1) is 0 Å². The molecule has 0 bridgehead atoms. The van der Waals surface area contributed by atoms with Gasteiger partial charge < -0.3 is 28.4 Å². The Kier molecular flexibility index (Phi) is 18.0. The Labute approximate surface area is 854 Å². The van der Waals surface area contributed by atoms with Crippen LogP contribution in [0, 0.1) is 0 Å². The molecule has 6 heteroatoms. The number of nitrogens with zero attached hydrogens (tertiary/aromatic N) is 4. The minimum atomic E-state index is -0.149. The van der Waals surface area contributed by atoms with Crippen molar-refractivity contribution in [3.8, 4) is 44.5 Å². The number of benzene rings is 28. The number of hydrogen-bond donors (Lipinski definition) is 0. The molecule has 28 aromatic carbocycles. The molecule has 2 heterocycles. The molecular weight excluding hydrogens is 1790 g/mol. The molecule has 0 amide bonds. The van der Waals surface area contributed by atoms with Crippen LogP contribution in [-0.4, -0.2) is 0 Å². The standard InChI is InChI=1S/C74H52N2.C68H40N2O2/c1-73(2)65-23-7-5-21-61(65)63-35-33-57(43-67(63)73)75(59-39-51-29-25-45-13-9-14-46-26-30-52(40-59)71(51)69(45)46)55-19-11-17-49(37-55)50-18-12-20-56(38-50)76(58-34-36-64-62-22-6-8-24-66(62)74(3,4)68(64)44-58)60-41-53-31-27-47-15-10-16-48-28-32-54(42-60)72(53)70(47)48;1-3-19-61-57(17-1)59-31-29-53(39-63(59)71-61)69(55-35-47-25-21-41-9-5-10-42-22-26-48(36-55)67(47)65(41)42)51-15-7-13-45(33-51)46-14-8-16-52(34-46)70(54-30-32-60-58-18-2-4-20-62(58)72-64(60)40-54)56-37-49-27-23-43-11-6-12-44-24-28-50(38-56)68(49)66(43)44/h5-44H,1-4H3;1-40H. The summed E-state index contributed by atoms with van der Waals surface area (Å²) in [5, 5.41) is 34.9. The van der Waals surface area contributed by atoms with Gasteiger partial charge in [-0.1, -0.05) is 343 Å². The topological polar surface area (TPSA) is 39.2 Å². The van der Waals surface area contributed by atoms with E-state index in [-0.39, 0.29) is 10.8 Å². The first kappa shape index (κ1) is 83.7. The molecule has 6 nitrogen and oxygen atoms in total. The molecule has 692 valence electrons. The lowest BCUT2D eigenvalue weighted by Gasteiger charge is -2.30. The molecule has 2 aromatic heterocycles. The van der Waals surface area contributed by atoms with Gasteiger partial charge in [-0.2, -0.15) is 0 Å². The van der Waals surface area contributed by atoms with Gasteiger partial charge in [0, 0.05) is 113 Å². The van der Waals surface area contributed by atoms with E-state index in [1.54, 1.807) is 0 Å². The summed E-state index contributed by atoms with van der Waals surface area (Å²) in [6.45, 7) is 9.50. The van der Waals surface area contributed by atoms with Crippen molar-refractivity contribution in [2.24, 2.45) is 0 Å². The zero-order valence-electron chi connectivity index (χ0n) is 81.8. The summed E-state index contributed by atoms with van der Waals surface area (Å²) in [7, 11) is 0. The molecule has 32 rings (SSSR count). The van der Waals surface area contributed by atoms with E-state index in [9.17, 15) is 0 Å². The third-order valence-electron chi connectivity index (χ3n) is 32.8. The fraction of sp³-hybridized carbons (Fsp3) is 0.0423. The molecule has 0 saturated carbocycles. The number of rotatable bonds is 14. The summed E-state index contributed by atoms with van der Waals surface area (Å²) >= 11 is 0. The summed E-state index contributed by atoms with van der Waals surface area (Å²) in [5.74, 6) is 0. The van der Waals surface area contributed by atoms with E-state index in [0.717, 1.165) is 134 Å². The minimum Gasteiger partial charge on any atom is -0.456 e. The Morgan fingerprint density at radius 1 is 0.142 bits per heavy atom. The van der Waals surface area contributed by atoms with Gasteiger partial charge in [0.25, 0.3) is 0 Å². The van der Waals surface area contributed by atoms with E-state index >= 15 is 0 Å². The lowest BCUT2D eigenvalue weighted by Crippen LogP contribution is -2.16. The van der Waals surface area contributed by atoms with Crippen LogP contribution in [0.1, 0.15) is 49.9 Å². The van der Waals surface area contributed by atoms with Crippen molar-refractivity contribution in [1.82, 2.24) is 0 Å². The van der Waals surface area contributed by atoms with E-state index in [0.29, 0.717) is 0 Å². The van der Waals surface area contributed by atoms with Crippen LogP contribution in [0.3, 0.4) is 0 Å². The largest absolute Gasteiger partial charge is 0.456 e. The van der Waals surface area contributed by atoms with Gasteiger partial charge in [0.05, 0.1) is 0 Å². The smallest absolute Gasteiger partial charge is 0.137 e. The van der Waals surface area contributed by atoms with E-state index in [4.69, 9.17) is 8.83 Å². The van der Waals surface area contributed by atoms with Crippen LogP contribution in [0.25, 0.3) is 218 Å². The van der Waals surface area contributed by atoms with Crippen molar-refractivity contribution < 1.29 is 8.83 Å². The quantitative estimate of drug-likeness (QED) is 0.101. The van der Waals surface area contributed by atoms with E-state index in [1.165, 1.54) is 174 Å². The highest BCUT2D eigenvalue weighted by atomic mass is 16.3. The first-order valence-corrected chi connectivity index (χ1v) is 51.4. The monoisotopic (exact) mass is 1880 g/mol. The van der Waals surface area contributed by atoms with E-state index in [2.05, 4.69) is 508 Å². The molecule has 2 aliphatic rings. The predicted molar refractivity (Wildman–Crippen MR) is 627 cm³/mol. The third-order valence-corrected chi connectivity index (χ3v) is 32.8. The fourth-order valence-electron chi connectivity index (χ4n) is 25.9. The summed E-state index contributed by atoms with van der Waals surface area (Å²) in [6, 6.07) is 180. The molecule has 30 aromatic rings. The summed E-state index contributed by atoms with van der Waals surface area (Å²) in [4.78, 5) is 9.74. The lowest BCUT2D eigenvalue weighted by atomic mass is 9.82. The molecule has 0 N–H and O–H groups in total. The Balaban J connectivity index is 0.000000134. The van der Waals surface area contributed by atoms with Crippen LogP contribution < -0.4 is 19.6 Å². The van der Waals surface area contributed by atoms with Crippen molar-refractivity contribution in [3.05, 3.63) is 508 Å². The number of para-hydroxylation sites is 2. The zero-order chi connectivity index (χ0) is 97.6. The van der Waals surface area contributed by atoms with Gasteiger partial charge in [-0.3, -0.25) is 0 Å². The van der Waals surface area contributed by atoms with Crippen molar-refractivity contribution in [2.75, 3.05) is 19.6 Å². The number of furan rings is 2. The van der Waals surface area contributed by atoms with Crippen molar-refractivity contribution >= 4 is 241 Å². The molecule has 0 saturated heterocycles. The van der Waals surface area contributed by atoms with Gasteiger partial charge in [0.2, 0.25) is 0 Å². The van der Waals surface area contributed by atoms with Gasteiger partial charge >= 0.3 is 0 Å². The molecule has 0 unspecified atom stereocenters. The number of fused-ring (bicyclic) bond motifs is 12. The Bertz CT molecular complexity index is 9930. The Morgan fingerprint density at radius 3 is 0.649 bits per heavy atom. The van der Waals surface area contributed by atoms with Gasteiger partial charge in [-0.25, -0.2) is 0 Å². The summed E-state index contributed by atoms with van der Waals surface area (Å²) < 4.78 is 13.1. The molecular formula is C142H92N4O2. The van der Waals surface area contributed by atoms with Crippen molar-refractivity contribution in [3.63, 3.8) is 0 Å². The summed E-state index contributed by atoms with van der Waals surface area (Å²) in [5.41, 5.74) is 31.4. The van der Waals surface area contributed by atoms with Crippen LogP contribution >= 0.6 is 0 Å². The number of anilines is 12. The van der Waals surface area contributed by atoms with Gasteiger partial charge in [0.15, 0.2) is 0 Å². The molecule has 0 fully saturated rings. The van der Waals surface area contributed by atoms with Crippen LogP contribution in [0.5, 0.6) is 0 Å². The highest BCUT2D eigenvalue weighted by Gasteiger charge is 2.39. The highest BCUT2D eigenvalue weighted by Crippen LogP contribution is 2.57. The van der Waals surface area contributed by atoms with Crippen LogP contribution in [0.2, 0.25) is 0 Å². The molecule has 0 atom stereocenters. The summed E-state index contributed by atoms with van der Waals surface area (Å²) in [6.07, 6.45) is 0. The normalized spacial score (nSPS) is 13.1. The second-order valence-corrected chi connectivity index (χ2v) is 41.8. The van der Waals surface area contributed by atoms with Crippen LogP contribution in [0.4, 0.5) is 68.2 Å². The van der Waals surface area contributed by atoms with Gasteiger partial charge in [-0.05, 0) is 354 Å². The fourth-order valence-corrected chi connectivity index (χ4v) is 25.9. The predicted octanol–water partition coefficient (Wildman–Crippen LogP) is 40.6. The maximum Gasteiger partial charge on any atom is 0.137 e. The first-order chi connectivity index (χ1) is 72.8. The number of hydrogen-bond acceptors (Lipinski definition) is 6.